The highest BCUT2D eigenvalue weighted by atomic mass is 16.3. The van der Waals surface area contributed by atoms with Crippen LogP contribution < -0.4 is 0 Å². The molecule has 0 aliphatic rings. The summed E-state index contributed by atoms with van der Waals surface area (Å²) in [5.74, 6) is 0. The average molecular weight is 727 g/mol. The van der Waals surface area contributed by atoms with E-state index in [1.54, 1.807) is 0 Å². The van der Waals surface area contributed by atoms with Gasteiger partial charge in [0.2, 0.25) is 0 Å². The van der Waals surface area contributed by atoms with E-state index in [-0.39, 0.29) is 0 Å². The molecule has 3 heteroatoms. The van der Waals surface area contributed by atoms with Gasteiger partial charge in [-0.2, -0.15) is 0 Å². The highest BCUT2D eigenvalue weighted by Gasteiger charge is 2.22. The molecule has 0 aliphatic heterocycles. The van der Waals surface area contributed by atoms with Crippen LogP contribution in [-0.4, -0.2) is 9.13 Å². The van der Waals surface area contributed by atoms with Crippen LogP contribution in [-0.2, 0) is 0 Å². The third kappa shape index (κ3) is 4.79. The first-order valence-corrected chi connectivity index (χ1v) is 19.5. The fourth-order valence-electron chi connectivity index (χ4n) is 9.19. The molecular weight excluding hydrogens is 693 g/mol. The van der Waals surface area contributed by atoms with Crippen LogP contribution in [0.5, 0.6) is 0 Å². The van der Waals surface area contributed by atoms with Gasteiger partial charge < -0.3 is 13.6 Å². The molecule has 9 aromatic carbocycles. The molecule has 0 fully saturated rings. The molecule has 0 saturated carbocycles. The van der Waals surface area contributed by atoms with Crippen LogP contribution in [0, 0.1) is 0 Å². The van der Waals surface area contributed by atoms with Crippen molar-refractivity contribution < 1.29 is 4.42 Å². The number of furan rings is 1. The Balaban J connectivity index is 1.09. The zero-order valence-electron chi connectivity index (χ0n) is 30.9. The van der Waals surface area contributed by atoms with Crippen molar-refractivity contribution in [3.63, 3.8) is 0 Å². The van der Waals surface area contributed by atoms with Crippen molar-refractivity contribution in [2.75, 3.05) is 0 Å². The van der Waals surface area contributed by atoms with Gasteiger partial charge in [0.1, 0.15) is 11.2 Å². The Morgan fingerprint density at radius 1 is 0.298 bits per heavy atom. The number of aromatic nitrogens is 2. The van der Waals surface area contributed by atoms with Gasteiger partial charge >= 0.3 is 0 Å². The molecule has 12 aromatic rings. The summed E-state index contributed by atoms with van der Waals surface area (Å²) in [4.78, 5) is 0. The molecule has 0 radical (unpaired) electrons. The van der Waals surface area contributed by atoms with Crippen LogP contribution in [0.1, 0.15) is 0 Å². The number of hydrogen-bond acceptors (Lipinski definition) is 1. The maximum atomic E-state index is 6.72. The Hall–Kier alpha value is -7.62. The summed E-state index contributed by atoms with van der Waals surface area (Å²) >= 11 is 0. The molecule has 0 atom stereocenters. The lowest BCUT2D eigenvalue weighted by molar-refractivity contribution is 0.670. The van der Waals surface area contributed by atoms with Crippen molar-refractivity contribution in [2.45, 2.75) is 0 Å². The van der Waals surface area contributed by atoms with Crippen molar-refractivity contribution in [1.82, 2.24) is 9.13 Å². The third-order valence-corrected chi connectivity index (χ3v) is 11.7. The first kappa shape index (κ1) is 31.7. The van der Waals surface area contributed by atoms with Crippen molar-refractivity contribution in [1.29, 1.82) is 0 Å². The molecule has 3 heterocycles. The molecule has 0 bridgehead atoms. The van der Waals surface area contributed by atoms with Gasteiger partial charge in [-0.15, -0.1) is 0 Å². The van der Waals surface area contributed by atoms with Gasteiger partial charge in [-0.05, 0) is 76.9 Å². The summed E-state index contributed by atoms with van der Waals surface area (Å²) in [6.07, 6.45) is 0. The number of fused-ring (bicyclic) bond motifs is 9. The lowest BCUT2D eigenvalue weighted by atomic mass is 10.00. The summed E-state index contributed by atoms with van der Waals surface area (Å²) in [6, 6.07) is 74.3. The van der Waals surface area contributed by atoms with Gasteiger partial charge in [-0.1, -0.05) is 152 Å². The summed E-state index contributed by atoms with van der Waals surface area (Å²) in [7, 11) is 0. The Bertz CT molecular complexity index is 3510. The van der Waals surface area contributed by atoms with Crippen molar-refractivity contribution in [3.8, 4) is 44.8 Å². The van der Waals surface area contributed by atoms with Crippen LogP contribution in [0.4, 0.5) is 0 Å². The maximum absolute atomic E-state index is 6.72. The molecule has 57 heavy (non-hydrogen) atoms. The van der Waals surface area contributed by atoms with Crippen molar-refractivity contribution in [3.05, 3.63) is 206 Å². The molecule has 266 valence electrons. The predicted molar refractivity (Wildman–Crippen MR) is 239 cm³/mol. The average Bonchev–Trinajstić information content (AvgIpc) is 3.94. The van der Waals surface area contributed by atoms with Crippen LogP contribution in [0.25, 0.3) is 110 Å². The van der Waals surface area contributed by atoms with E-state index in [0.717, 1.165) is 44.3 Å². The van der Waals surface area contributed by atoms with Crippen molar-refractivity contribution >= 4 is 65.6 Å². The largest absolute Gasteiger partial charge is 0.455 e. The Morgan fingerprint density at radius 2 is 0.842 bits per heavy atom. The molecule has 3 aromatic heterocycles. The van der Waals surface area contributed by atoms with Gasteiger partial charge in [0.25, 0.3) is 0 Å². The predicted octanol–water partition coefficient (Wildman–Crippen LogP) is 14.8. The van der Waals surface area contributed by atoms with Gasteiger partial charge in [0.15, 0.2) is 0 Å². The summed E-state index contributed by atoms with van der Waals surface area (Å²) in [5.41, 5.74) is 15.8. The monoisotopic (exact) mass is 726 g/mol. The fourth-order valence-corrected chi connectivity index (χ4v) is 9.19. The highest BCUT2D eigenvalue weighted by molar-refractivity contribution is 6.17. The first-order chi connectivity index (χ1) is 28.3. The summed E-state index contributed by atoms with van der Waals surface area (Å²) in [6.45, 7) is 0. The molecular formula is C54H34N2O. The number of nitrogens with zero attached hydrogens (tertiary/aromatic N) is 2. The third-order valence-electron chi connectivity index (χ3n) is 11.7. The molecule has 0 unspecified atom stereocenters. The molecule has 0 saturated heterocycles. The van der Waals surface area contributed by atoms with E-state index < -0.39 is 0 Å². The lowest BCUT2D eigenvalue weighted by Gasteiger charge is -2.14. The maximum Gasteiger partial charge on any atom is 0.145 e. The summed E-state index contributed by atoms with van der Waals surface area (Å²) < 4.78 is 11.6. The van der Waals surface area contributed by atoms with Crippen molar-refractivity contribution in [2.24, 2.45) is 0 Å². The van der Waals surface area contributed by atoms with Gasteiger partial charge in [-0.3, -0.25) is 0 Å². The minimum atomic E-state index is 0.887. The van der Waals surface area contributed by atoms with E-state index in [1.165, 1.54) is 66.0 Å². The molecule has 0 aliphatic carbocycles. The lowest BCUT2D eigenvalue weighted by Crippen LogP contribution is -1.97. The Morgan fingerprint density at radius 3 is 1.61 bits per heavy atom. The quantitative estimate of drug-likeness (QED) is 0.173. The SMILES string of the molecule is c1ccc(-c2ccccc2-n2c3ccccc3c3cc(-c4ccc5c6ccccc6n(-c6ccc(-c7ccccc7)c7oc8ccccc8c67)c5c4)ccc32)cc1. The normalized spacial score (nSPS) is 11.9. The fraction of sp³-hybridized carbons (Fsp3) is 0. The van der Waals surface area contributed by atoms with Gasteiger partial charge in [0.05, 0.1) is 38.8 Å². The van der Waals surface area contributed by atoms with E-state index in [2.05, 4.69) is 215 Å². The van der Waals surface area contributed by atoms with E-state index in [4.69, 9.17) is 4.42 Å². The van der Waals surface area contributed by atoms with Crippen LogP contribution in [0.3, 0.4) is 0 Å². The second-order valence-corrected chi connectivity index (χ2v) is 14.9. The standard InChI is InChI=1S/C54H34N2O/c1-3-15-35(16-4-1)39-19-7-11-23-46(39)55-48-25-13-9-21-42(48)45-33-37(28-31-49(45)55)38-27-29-43-41-20-8-12-24-47(41)56(51(43)34-38)50-32-30-40(36-17-5-2-6-18-36)54-53(50)44-22-10-14-26-52(44)57-54/h1-34H. The topological polar surface area (TPSA) is 23.0 Å². The molecule has 0 spiro atoms. The van der Waals surface area contributed by atoms with Gasteiger partial charge in [0, 0.05) is 38.1 Å². The number of rotatable bonds is 5. The molecule has 0 N–H and O–H groups in total. The van der Waals surface area contributed by atoms with Crippen LogP contribution in [0.2, 0.25) is 0 Å². The molecule has 3 nitrogen and oxygen atoms in total. The summed E-state index contributed by atoms with van der Waals surface area (Å²) in [5, 5.41) is 7.14. The zero-order valence-corrected chi connectivity index (χ0v) is 30.9. The molecule has 0 amide bonds. The highest BCUT2D eigenvalue weighted by Crippen LogP contribution is 2.44. The first-order valence-electron chi connectivity index (χ1n) is 19.5. The number of hydrogen-bond donors (Lipinski definition) is 0. The van der Waals surface area contributed by atoms with Crippen LogP contribution in [0.15, 0.2) is 211 Å². The Labute approximate surface area is 328 Å². The van der Waals surface area contributed by atoms with E-state index in [0.29, 0.717) is 0 Å². The molecule has 12 rings (SSSR count). The minimum absolute atomic E-state index is 0.887. The Kier molecular flexibility index (Phi) is 6.93. The second-order valence-electron chi connectivity index (χ2n) is 14.9. The second kappa shape index (κ2) is 12.5. The van der Waals surface area contributed by atoms with E-state index >= 15 is 0 Å². The van der Waals surface area contributed by atoms with Gasteiger partial charge in [-0.25, -0.2) is 0 Å². The van der Waals surface area contributed by atoms with E-state index in [1.807, 2.05) is 0 Å². The number of benzene rings is 9. The smallest absolute Gasteiger partial charge is 0.145 e. The van der Waals surface area contributed by atoms with E-state index in [9.17, 15) is 0 Å². The number of para-hydroxylation sites is 4. The zero-order chi connectivity index (χ0) is 37.5. The van der Waals surface area contributed by atoms with Crippen LogP contribution >= 0.6 is 0 Å². The minimum Gasteiger partial charge on any atom is -0.455 e.